The highest BCUT2D eigenvalue weighted by molar-refractivity contribution is 7.12. The van der Waals surface area contributed by atoms with Gasteiger partial charge in [0.05, 0.1) is 4.88 Å². The summed E-state index contributed by atoms with van der Waals surface area (Å²) < 4.78 is 3.01. The van der Waals surface area contributed by atoms with Crippen molar-refractivity contribution in [3.63, 3.8) is 0 Å². The Balaban J connectivity index is 1.60. The van der Waals surface area contributed by atoms with Crippen LogP contribution in [0.5, 0.6) is 0 Å². The second-order valence-corrected chi connectivity index (χ2v) is 7.98. The molecule has 2 aromatic rings. The minimum absolute atomic E-state index is 0.0631. The van der Waals surface area contributed by atoms with E-state index in [0.29, 0.717) is 30.7 Å². The summed E-state index contributed by atoms with van der Waals surface area (Å²) in [5.74, 6) is 0.254. The third-order valence-corrected chi connectivity index (χ3v) is 5.44. The highest BCUT2D eigenvalue weighted by Crippen LogP contribution is 2.15. The van der Waals surface area contributed by atoms with Gasteiger partial charge in [0.2, 0.25) is 5.91 Å². The van der Waals surface area contributed by atoms with E-state index in [1.807, 2.05) is 5.38 Å². The number of carbonyl (C=O) groups is 2. The van der Waals surface area contributed by atoms with Crippen molar-refractivity contribution < 1.29 is 9.59 Å². The van der Waals surface area contributed by atoms with Crippen molar-refractivity contribution in [2.24, 2.45) is 7.05 Å². The van der Waals surface area contributed by atoms with Gasteiger partial charge >= 0.3 is 5.69 Å². The molecule has 8 nitrogen and oxygen atoms in total. The Morgan fingerprint density at radius 2 is 2.12 bits per heavy atom. The van der Waals surface area contributed by atoms with Crippen molar-refractivity contribution in [3.8, 4) is 0 Å². The van der Waals surface area contributed by atoms with E-state index in [9.17, 15) is 14.4 Å². The van der Waals surface area contributed by atoms with Crippen LogP contribution in [-0.4, -0.2) is 37.7 Å². The topological polar surface area (TPSA) is 98.0 Å². The Morgan fingerprint density at radius 3 is 2.81 bits per heavy atom. The number of aryl methyl sites for hydroxylation is 2. The molecule has 0 saturated heterocycles. The van der Waals surface area contributed by atoms with E-state index in [0.717, 1.165) is 5.82 Å². The second kappa shape index (κ2) is 7.06. The number of hydrogen-bond donors (Lipinski definition) is 2. The van der Waals surface area contributed by atoms with Gasteiger partial charge in [-0.15, -0.1) is 11.3 Å². The lowest BCUT2D eigenvalue weighted by atomic mass is 10.0. The molecular weight excluding hydrogens is 354 g/mol. The molecule has 0 aliphatic carbocycles. The van der Waals surface area contributed by atoms with Gasteiger partial charge in [0.25, 0.3) is 5.91 Å². The van der Waals surface area contributed by atoms with Crippen LogP contribution in [0.25, 0.3) is 0 Å². The van der Waals surface area contributed by atoms with Crippen LogP contribution in [0.3, 0.4) is 0 Å². The summed E-state index contributed by atoms with van der Waals surface area (Å²) in [6.45, 7) is 3.89. The predicted molar refractivity (Wildman–Crippen MR) is 98.2 cm³/mol. The molecule has 140 valence electrons. The maximum absolute atomic E-state index is 12.7. The molecule has 0 bridgehead atoms. The third-order valence-electron chi connectivity index (χ3n) is 4.58. The van der Waals surface area contributed by atoms with Gasteiger partial charge in [0.1, 0.15) is 11.4 Å². The van der Waals surface area contributed by atoms with Crippen LogP contribution in [0, 0.1) is 0 Å². The molecule has 0 saturated carbocycles. The fourth-order valence-corrected chi connectivity index (χ4v) is 3.64. The molecule has 9 heteroatoms. The number of amides is 2. The minimum Gasteiger partial charge on any atom is -0.351 e. The van der Waals surface area contributed by atoms with Gasteiger partial charge in [0.15, 0.2) is 0 Å². The molecule has 2 amide bonds. The number of carbonyl (C=O) groups excluding carboxylic acids is 2. The summed E-state index contributed by atoms with van der Waals surface area (Å²) in [5.41, 5.74) is -1.16. The van der Waals surface area contributed by atoms with Crippen molar-refractivity contribution in [1.82, 2.24) is 25.0 Å². The molecular formula is C17H23N5O3S. The molecule has 1 aliphatic heterocycles. The van der Waals surface area contributed by atoms with E-state index in [-0.39, 0.29) is 23.5 Å². The van der Waals surface area contributed by atoms with Crippen LogP contribution < -0.4 is 16.3 Å². The molecule has 0 spiro atoms. The largest absolute Gasteiger partial charge is 0.351 e. The number of nitrogens with zero attached hydrogens (tertiary/aromatic N) is 3. The Morgan fingerprint density at radius 1 is 1.35 bits per heavy atom. The van der Waals surface area contributed by atoms with E-state index >= 15 is 0 Å². The van der Waals surface area contributed by atoms with Crippen molar-refractivity contribution in [2.45, 2.75) is 51.2 Å². The summed E-state index contributed by atoms with van der Waals surface area (Å²) in [7, 11) is 1.64. The lowest BCUT2D eigenvalue weighted by Gasteiger charge is -2.27. The minimum atomic E-state index is -1.03. The van der Waals surface area contributed by atoms with Crippen LogP contribution in [0.15, 0.2) is 22.3 Å². The lowest BCUT2D eigenvalue weighted by molar-refractivity contribution is -0.127. The summed E-state index contributed by atoms with van der Waals surface area (Å²) in [4.78, 5) is 37.5. The third kappa shape index (κ3) is 3.72. The SMILES string of the molecule is Cn1nc2n(c1=O)CCC(NC(=O)C(C)(C)NC(=O)c1cccs1)CC2. The first-order valence-electron chi connectivity index (χ1n) is 8.57. The molecule has 26 heavy (non-hydrogen) atoms. The quantitative estimate of drug-likeness (QED) is 0.818. The zero-order chi connectivity index (χ0) is 18.9. The highest BCUT2D eigenvalue weighted by Gasteiger charge is 2.32. The number of aromatic nitrogens is 3. The molecule has 1 atom stereocenters. The van der Waals surface area contributed by atoms with Crippen molar-refractivity contribution in [1.29, 1.82) is 0 Å². The molecule has 0 aromatic carbocycles. The van der Waals surface area contributed by atoms with Crippen LogP contribution in [-0.2, 0) is 24.8 Å². The van der Waals surface area contributed by atoms with Gasteiger partial charge < -0.3 is 10.6 Å². The average Bonchev–Trinajstić information content (AvgIpc) is 3.15. The maximum Gasteiger partial charge on any atom is 0.345 e. The predicted octanol–water partition coefficient (Wildman–Crippen LogP) is 0.673. The maximum atomic E-state index is 12.7. The number of rotatable bonds is 4. The average molecular weight is 377 g/mol. The Labute approximate surface area is 155 Å². The number of hydrogen-bond acceptors (Lipinski definition) is 5. The van der Waals surface area contributed by atoms with E-state index in [2.05, 4.69) is 15.7 Å². The van der Waals surface area contributed by atoms with E-state index in [4.69, 9.17) is 0 Å². The van der Waals surface area contributed by atoms with Gasteiger partial charge in [0, 0.05) is 26.1 Å². The highest BCUT2D eigenvalue weighted by atomic mass is 32.1. The summed E-state index contributed by atoms with van der Waals surface area (Å²) in [5, 5.41) is 11.8. The van der Waals surface area contributed by atoms with Gasteiger partial charge in [-0.05, 0) is 38.1 Å². The van der Waals surface area contributed by atoms with Gasteiger partial charge in [-0.3, -0.25) is 14.2 Å². The summed E-state index contributed by atoms with van der Waals surface area (Å²) in [6, 6.07) is 3.46. The van der Waals surface area contributed by atoms with E-state index in [1.165, 1.54) is 16.0 Å². The van der Waals surface area contributed by atoms with Crippen molar-refractivity contribution >= 4 is 23.2 Å². The van der Waals surface area contributed by atoms with Crippen LogP contribution in [0.4, 0.5) is 0 Å². The molecule has 0 radical (unpaired) electrons. The fraction of sp³-hybridized carbons (Fsp3) is 0.529. The van der Waals surface area contributed by atoms with E-state index in [1.54, 1.807) is 37.6 Å². The smallest absolute Gasteiger partial charge is 0.345 e. The standard InChI is InChI=1S/C17H23N5O3S/c1-17(2,19-14(23)12-5-4-10-26-12)15(24)18-11-6-7-13-20-21(3)16(25)22(13)9-8-11/h4-5,10-11H,6-9H2,1-3H3,(H,18,24)(H,19,23). The molecule has 3 heterocycles. The monoisotopic (exact) mass is 377 g/mol. The molecule has 2 N–H and O–H groups in total. The Hall–Kier alpha value is -2.42. The van der Waals surface area contributed by atoms with Crippen molar-refractivity contribution in [3.05, 3.63) is 38.7 Å². The number of thiophene rings is 1. The number of nitrogens with one attached hydrogen (secondary N) is 2. The Kier molecular flexibility index (Phi) is 4.99. The zero-order valence-corrected chi connectivity index (χ0v) is 15.9. The second-order valence-electron chi connectivity index (χ2n) is 7.03. The van der Waals surface area contributed by atoms with Crippen LogP contribution >= 0.6 is 11.3 Å². The van der Waals surface area contributed by atoms with Gasteiger partial charge in [-0.25, -0.2) is 9.48 Å². The normalized spacial score (nSPS) is 17.3. The first kappa shape index (κ1) is 18.4. The van der Waals surface area contributed by atoms with Crippen LogP contribution in [0.2, 0.25) is 0 Å². The first-order valence-corrected chi connectivity index (χ1v) is 9.45. The van der Waals surface area contributed by atoms with E-state index < -0.39 is 5.54 Å². The van der Waals surface area contributed by atoms with Gasteiger partial charge in [-0.1, -0.05) is 6.07 Å². The number of fused-ring (bicyclic) bond motifs is 1. The Bertz CT molecular complexity index is 866. The molecule has 0 fully saturated rings. The van der Waals surface area contributed by atoms with Crippen LogP contribution in [0.1, 0.15) is 42.2 Å². The zero-order valence-electron chi connectivity index (χ0n) is 15.1. The lowest BCUT2D eigenvalue weighted by Crippen LogP contribution is -2.56. The molecule has 1 unspecified atom stereocenters. The van der Waals surface area contributed by atoms with Crippen molar-refractivity contribution in [2.75, 3.05) is 0 Å². The summed E-state index contributed by atoms with van der Waals surface area (Å²) in [6.07, 6.45) is 1.99. The molecule has 2 aromatic heterocycles. The summed E-state index contributed by atoms with van der Waals surface area (Å²) >= 11 is 1.33. The molecule has 3 rings (SSSR count). The molecule has 1 aliphatic rings. The fourth-order valence-electron chi connectivity index (χ4n) is 3.02. The first-order chi connectivity index (χ1) is 12.3. The van der Waals surface area contributed by atoms with Gasteiger partial charge in [-0.2, -0.15) is 5.10 Å².